The van der Waals surface area contributed by atoms with Crippen molar-refractivity contribution < 1.29 is 23.9 Å². The van der Waals surface area contributed by atoms with Crippen molar-refractivity contribution in [3.05, 3.63) is 51.2 Å². The lowest BCUT2D eigenvalue weighted by atomic mass is 10.1. The minimum atomic E-state index is -0.468. The molecule has 1 aromatic carbocycles. The van der Waals surface area contributed by atoms with Crippen molar-refractivity contribution in [1.82, 2.24) is 0 Å². The summed E-state index contributed by atoms with van der Waals surface area (Å²) in [7, 11) is 1.30. The summed E-state index contributed by atoms with van der Waals surface area (Å²) >= 11 is 1.47. The van der Waals surface area contributed by atoms with Crippen molar-refractivity contribution in [2.75, 3.05) is 19.0 Å². The van der Waals surface area contributed by atoms with Crippen LogP contribution in [0, 0.1) is 0 Å². The maximum absolute atomic E-state index is 12.2. The molecule has 1 aliphatic rings. The molecule has 0 bridgehead atoms. The SMILES string of the molecule is COC(=O)c1ccc(NC(=O)COC(=O)c2cc3c(s2)CCCCC3)cc1. The fourth-order valence-electron chi connectivity index (χ4n) is 2.97. The first-order valence-electron chi connectivity index (χ1n) is 8.84. The van der Waals surface area contributed by atoms with Gasteiger partial charge in [0.05, 0.1) is 12.7 Å². The molecule has 0 saturated heterocycles. The Balaban J connectivity index is 1.51. The molecule has 0 aliphatic heterocycles. The van der Waals surface area contributed by atoms with Gasteiger partial charge in [-0.2, -0.15) is 0 Å². The molecule has 27 heavy (non-hydrogen) atoms. The summed E-state index contributed by atoms with van der Waals surface area (Å²) < 4.78 is 9.75. The van der Waals surface area contributed by atoms with Crippen LogP contribution in [0.1, 0.15) is 49.7 Å². The molecule has 0 saturated carbocycles. The van der Waals surface area contributed by atoms with E-state index in [1.165, 1.54) is 35.3 Å². The molecular formula is C20H21NO5S. The van der Waals surface area contributed by atoms with E-state index in [-0.39, 0.29) is 6.61 Å². The maximum Gasteiger partial charge on any atom is 0.348 e. The Morgan fingerprint density at radius 3 is 2.52 bits per heavy atom. The molecule has 142 valence electrons. The lowest BCUT2D eigenvalue weighted by Gasteiger charge is -2.06. The van der Waals surface area contributed by atoms with Gasteiger partial charge in [-0.15, -0.1) is 11.3 Å². The minimum Gasteiger partial charge on any atom is -0.465 e. The highest BCUT2D eigenvalue weighted by atomic mass is 32.1. The molecule has 1 aliphatic carbocycles. The number of ether oxygens (including phenoxy) is 2. The number of aryl methyl sites for hydroxylation is 2. The van der Waals surface area contributed by atoms with Gasteiger partial charge in [-0.05, 0) is 61.6 Å². The second-order valence-corrected chi connectivity index (χ2v) is 7.45. The number of carbonyl (C=O) groups excluding carboxylic acids is 3. The Kier molecular flexibility index (Phi) is 6.24. The molecule has 0 fully saturated rings. The Bertz CT molecular complexity index is 817. The largest absolute Gasteiger partial charge is 0.465 e. The third-order valence-corrected chi connectivity index (χ3v) is 5.59. The van der Waals surface area contributed by atoms with Gasteiger partial charge >= 0.3 is 11.9 Å². The Morgan fingerprint density at radius 1 is 1.04 bits per heavy atom. The molecule has 0 spiro atoms. The van der Waals surface area contributed by atoms with E-state index in [1.54, 1.807) is 24.3 Å². The number of carbonyl (C=O) groups is 3. The highest BCUT2D eigenvalue weighted by Crippen LogP contribution is 2.29. The third kappa shape index (κ3) is 4.95. The van der Waals surface area contributed by atoms with Gasteiger partial charge in [0.15, 0.2) is 6.61 Å². The van der Waals surface area contributed by atoms with Gasteiger partial charge in [-0.1, -0.05) is 6.42 Å². The van der Waals surface area contributed by atoms with E-state index in [0.29, 0.717) is 16.1 Å². The van der Waals surface area contributed by atoms with Gasteiger partial charge in [-0.3, -0.25) is 4.79 Å². The van der Waals surface area contributed by atoms with Gasteiger partial charge < -0.3 is 14.8 Å². The van der Waals surface area contributed by atoms with Crippen LogP contribution in [0.25, 0.3) is 0 Å². The number of rotatable bonds is 5. The number of methoxy groups -OCH3 is 1. The maximum atomic E-state index is 12.2. The molecule has 1 N–H and O–H groups in total. The minimum absolute atomic E-state index is 0.361. The zero-order valence-electron chi connectivity index (χ0n) is 15.1. The number of nitrogens with one attached hydrogen (secondary N) is 1. The topological polar surface area (TPSA) is 81.7 Å². The van der Waals surface area contributed by atoms with E-state index in [4.69, 9.17) is 4.74 Å². The number of fused-ring (bicyclic) bond motifs is 1. The number of hydrogen-bond donors (Lipinski definition) is 1. The predicted octanol–water partition coefficient (Wildman–Crippen LogP) is 3.60. The first-order valence-corrected chi connectivity index (χ1v) is 9.65. The second-order valence-electron chi connectivity index (χ2n) is 6.31. The first-order chi connectivity index (χ1) is 13.1. The highest BCUT2D eigenvalue weighted by Gasteiger charge is 2.18. The Labute approximate surface area is 161 Å². The zero-order chi connectivity index (χ0) is 19.2. The van der Waals surface area contributed by atoms with Crippen molar-refractivity contribution in [2.45, 2.75) is 32.1 Å². The molecule has 6 nitrogen and oxygen atoms in total. The monoisotopic (exact) mass is 387 g/mol. The summed E-state index contributed by atoms with van der Waals surface area (Å²) in [4.78, 5) is 37.4. The summed E-state index contributed by atoms with van der Waals surface area (Å²) in [6, 6.07) is 8.17. The van der Waals surface area contributed by atoms with E-state index >= 15 is 0 Å². The van der Waals surface area contributed by atoms with Crippen LogP contribution in [0.2, 0.25) is 0 Å². The van der Waals surface area contributed by atoms with E-state index in [9.17, 15) is 14.4 Å². The van der Waals surface area contributed by atoms with Gasteiger partial charge in [0.2, 0.25) is 0 Å². The van der Waals surface area contributed by atoms with Crippen molar-refractivity contribution in [3.8, 4) is 0 Å². The van der Waals surface area contributed by atoms with Gasteiger partial charge in [0.25, 0.3) is 5.91 Å². The van der Waals surface area contributed by atoms with Crippen LogP contribution in [-0.4, -0.2) is 31.6 Å². The summed E-state index contributed by atoms with van der Waals surface area (Å²) in [5, 5.41) is 2.63. The number of esters is 2. The normalized spacial score (nSPS) is 13.2. The Hall–Kier alpha value is -2.67. The predicted molar refractivity (Wildman–Crippen MR) is 102 cm³/mol. The van der Waals surface area contributed by atoms with Crippen LogP contribution >= 0.6 is 11.3 Å². The standard InChI is InChI=1S/C20H21NO5S/c1-25-19(23)13-7-9-15(10-8-13)21-18(22)12-26-20(24)17-11-14-5-3-2-4-6-16(14)27-17/h7-11H,2-6,12H2,1H3,(H,21,22). The van der Waals surface area contributed by atoms with E-state index in [1.807, 2.05) is 6.07 Å². The molecule has 1 aromatic heterocycles. The molecule has 0 unspecified atom stereocenters. The van der Waals surface area contributed by atoms with E-state index in [2.05, 4.69) is 10.1 Å². The highest BCUT2D eigenvalue weighted by molar-refractivity contribution is 7.14. The summed E-state index contributed by atoms with van der Waals surface area (Å²) in [5.41, 5.74) is 2.13. The van der Waals surface area contributed by atoms with Crippen molar-refractivity contribution in [3.63, 3.8) is 0 Å². The van der Waals surface area contributed by atoms with Gasteiger partial charge in [-0.25, -0.2) is 9.59 Å². The molecule has 1 amide bonds. The average molecular weight is 387 g/mol. The second kappa shape index (κ2) is 8.81. The molecule has 0 atom stereocenters. The van der Waals surface area contributed by atoms with Gasteiger partial charge in [0, 0.05) is 10.6 Å². The molecular weight excluding hydrogens is 366 g/mol. The number of amides is 1. The lowest BCUT2D eigenvalue weighted by Crippen LogP contribution is -2.20. The summed E-state index contributed by atoms with van der Waals surface area (Å²) in [5.74, 6) is -1.35. The number of thiophene rings is 1. The first kappa shape index (κ1) is 19.1. The van der Waals surface area contributed by atoms with E-state index < -0.39 is 17.8 Å². The van der Waals surface area contributed by atoms with Crippen LogP contribution in [0.15, 0.2) is 30.3 Å². The average Bonchev–Trinajstić information content (AvgIpc) is 2.96. The van der Waals surface area contributed by atoms with Crippen LogP contribution in [0.5, 0.6) is 0 Å². The van der Waals surface area contributed by atoms with Crippen LogP contribution in [0.4, 0.5) is 5.69 Å². The van der Waals surface area contributed by atoms with Crippen molar-refractivity contribution >= 4 is 34.9 Å². The molecule has 7 heteroatoms. The number of benzene rings is 1. The van der Waals surface area contributed by atoms with E-state index in [0.717, 1.165) is 25.7 Å². The molecule has 1 heterocycles. The van der Waals surface area contributed by atoms with Gasteiger partial charge in [0.1, 0.15) is 4.88 Å². The summed E-state index contributed by atoms with van der Waals surface area (Å²) in [6.07, 6.45) is 5.53. The zero-order valence-corrected chi connectivity index (χ0v) is 15.9. The number of anilines is 1. The molecule has 0 radical (unpaired) electrons. The summed E-state index contributed by atoms with van der Waals surface area (Å²) in [6.45, 7) is -0.361. The van der Waals surface area contributed by atoms with Crippen LogP contribution in [0.3, 0.4) is 0 Å². The van der Waals surface area contributed by atoms with Crippen LogP contribution < -0.4 is 5.32 Å². The third-order valence-electron chi connectivity index (χ3n) is 4.37. The van der Waals surface area contributed by atoms with Crippen molar-refractivity contribution in [2.24, 2.45) is 0 Å². The van der Waals surface area contributed by atoms with Crippen molar-refractivity contribution in [1.29, 1.82) is 0 Å². The smallest absolute Gasteiger partial charge is 0.348 e. The lowest BCUT2D eigenvalue weighted by molar-refractivity contribution is -0.119. The fraction of sp³-hybridized carbons (Fsp3) is 0.350. The number of hydrogen-bond acceptors (Lipinski definition) is 6. The quantitative estimate of drug-likeness (QED) is 0.626. The Morgan fingerprint density at radius 2 is 1.78 bits per heavy atom. The molecule has 3 rings (SSSR count). The van der Waals surface area contributed by atoms with Crippen LogP contribution in [-0.2, 0) is 27.1 Å². The fourth-order valence-corrected chi connectivity index (χ4v) is 4.12. The molecule has 2 aromatic rings.